The molecule has 0 bridgehead atoms. The number of thiocarbonyl (C=S) groups is 1. The third-order valence-electron chi connectivity index (χ3n) is 6.15. The van der Waals surface area contributed by atoms with Crippen molar-refractivity contribution in [1.29, 1.82) is 0 Å². The summed E-state index contributed by atoms with van der Waals surface area (Å²) in [5.41, 5.74) is 2.18. The summed E-state index contributed by atoms with van der Waals surface area (Å²) < 4.78 is 15.9. The SMILES string of the molecule is CCOCCOc1ccc(C(=O)NC(=S)Nc2sc3c(c2C(=O)OC)CCC(C(C)(C)C)C3)cc1. The van der Waals surface area contributed by atoms with Crippen LogP contribution in [0.3, 0.4) is 0 Å². The smallest absolute Gasteiger partial charge is 0.341 e. The molecule has 3 rings (SSSR count). The van der Waals surface area contributed by atoms with Gasteiger partial charge in [0, 0.05) is 17.0 Å². The first-order chi connectivity index (χ1) is 16.6. The fourth-order valence-corrected chi connectivity index (χ4v) is 5.69. The van der Waals surface area contributed by atoms with E-state index in [9.17, 15) is 9.59 Å². The van der Waals surface area contributed by atoms with Crippen LogP contribution in [-0.2, 0) is 22.3 Å². The van der Waals surface area contributed by atoms with Crippen LogP contribution in [0.2, 0.25) is 0 Å². The Kier molecular flexibility index (Phi) is 9.27. The number of esters is 1. The number of nitrogens with one attached hydrogen (secondary N) is 2. The third kappa shape index (κ3) is 7.02. The summed E-state index contributed by atoms with van der Waals surface area (Å²) in [5.74, 6) is 0.442. The van der Waals surface area contributed by atoms with Gasteiger partial charge in [0.25, 0.3) is 5.91 Å². The molecular weight excluding hydrogens is 484 g/mol. The molecule has 35 heavy (non-hydrogen) atoms. The summed E-state index contributed by atoms with van der Waals surface area (Å²) in [6.45, 7) is 10.3. The molecule has 190 valence electrons. The maximum Gasteiger partial charge on any atom is 0.341 e. The van der Waals surface area contributed by atoms with Crippen molar-refractivity contribution in [3.05, 3.63) is 45.8 Å². The molecule has 2 aromatic rings. The number of carbonyl (C=O) groups is 2. The molecule has 1 aliphatic carbocycles. The highest BCUT2D eigenvalue weighted by Crippen LogP contribution is 2.44. The summed E-state index contributed by atoms with van der Waals surface area (Å²) in [6, 6.07) is 6.80. The van der Waals surface area contributed by atoms with Crippen molar-refractivity contribution in [2.24, 2.45) is 11.3 Å². The Balaban J connectivity index is 1.67. The Morgan fingerprint density at radius 3 is 2.51 bits per heavy atom. The summed E-state index contributed by atoms with van der Waals surface area (Å²) in [5, 5.41) is 6.50. The van der Waals surface area contributed by atoms with E-state index in [2.05, 4.69) is 31.4 Å². The van der Waals surface area contributed by atoms with E-state index in [-0.39, 0.29) is 16.4 Å². The highest BCUT2D eigenvalue weighted by Gasteiger charge is 2.34. The van der Waals surface area contributed by atoms with Crippen LogP contribution in [0, 0.1) is 11.3 Å². The molecule has 9 heteroatoms. The molecule has 0 spiro atoms. The molecule has 0 saturated heterocycles. The van der Waals surface area contributed by atoms with Crippen LogP contribution in [-0.4, -0.2) is 43.9 Å². The van der Waals surface area contributed by atoms with E-state index in [1.807, 2.05) is 6.92 Å². The number of anilines is 1. The number of thiophene rings is 1. The van der Waals surface area contributed by atoms with Crippen molar-refractivity contribution in [2.75, 3.05) is 32.2 Å². The van der Waals surface area contributed by atoms with Crippen LogP contribution in [0.4, 0.5) is 5.00 Å². The topological polar surface area (TPSA) is 85.9 Å². The lowest BCUT2D eigenvalue weighted by molar-refractivity contribution is 0.0600. The Bertz CT molecular complexity index is 1060. The van der Waals surface area contributed by atoms with Crippen molar-refractivity contribution in [2.45, 2.75) is 47.0 Å². The maximum absolute atomic E-state index is 12.7. The largest absolute Gasteiger partial charge is 0.491 e. The van der Waals surface area contributed by atoms with Gasteiger partial charge < -0.3 is 19.5 Å². The van der Waals surface area contributed by atoms with Gasteiger partial charge in [-0.25, -0.2) is 4.79 Å². The van der Waals surface area contributed by atoms with Crippen molar-refractivity contribution < 1.29 is 23.8 Å². The van der Waals surface area contributed by atoms with Gasteiger partial charge >= 0.3 is 5.97 Å². The molecule has 1 atom stereocenters. The first kappa shape index (κ1) is 27.1. The van der Waals surface area contributed by atoms with E-state index < -0.39 is 5.97 Å². The lowest BCUT2D eigenvalue weighted by Crippen LogP contribution is -2.34. The number of hydrogen-bond donors (Lipinski definition) is 2. The van der Waals surface area contributed by atoms with Crippen LogP contribution in [0.5, 0.6) is 5.75 Å². The van der Waals surface area contributed by atoms with Crippen molar-refractivity contribution >= 4 is 45.5 Å². The summed E-state index contributed by atoms with van der Waals surface area (Å²) in [6.07, 6.45) is 2.74. The number of carbonyl (C=O) groups excluding carboxylic acids is 2. The first-order valence-corrected chi connectivity index (χ1v) is 13.0. The molecule has 0 fully saturated rings. The zero-order valence-corrected chi connectivity index (χ0v) is 22.6. The predicted octanol–water partition coefficient (Wildman–Crippen LogP) is 5.23. The van der Waals surface area contributed by atoms with Gasteiger partial charge in [-0.15, -0.1) is 11.3 Å². The highest BCUT2D eigenvalue weighted by atomic mass is 32.1. The van der Waals surface area contributed by atoms with E-state index in [4.69, 9.17) is 26.4 Å². The Morgan fingerprint density at radius 2 is 1.89 bits per heavy atom. The van der Waals surface area contributed by atoms with Crippen molar-refractivity contribution in [1.82, 2.24) is 5.32 Å². The Labute approximate surface area is 216 Å². The maximum atomic E-state index is 12.7. The molecule has 2 N–H and O–H groups in total. The van der Waals surface area contributed by atoms with Gasteiger partial charge in [-0.1, -0.05) is 20.8 Å². The molecule has 0 saturated carbocycles. The van der Waals surface area contributed by atoms with Gasteiger partial charge in [0.15, 0.2) is 5.11 Å². The lowest BCUT2D eigenvalue weighted by Gasteiger charge is -2.33. The van der Waals surface area contributed by atoms with Gasteiger partial charge in [0.1, 0.15) is 17.4 Å². The van der Waals surface area contributed by atoms with Gasteiger partial charge in [-0.2, -0.15) is 0 Å². The number of fused-ring (bicyclic) bond motifs is 1. The molecule has 1 unspecified atom stereocenters. The number of rotatable bonds is 8. The molecule has 1 aliphatic rings. The zero-order valence-electron chi connectivity index (χ0n) is 21.0. The van der Waals surface area contributed by atoms with Gasteiger partial charge in [-0.3, -0.25) is 10.1 Å². The van der Waals surface area contributed by atoms with Crippen LogP contribution >= 0.6 is 23.6 Å². The van der Waals surface area contributed by atoms with Crippen LogP contribution in [0.25, 0.3) is 0 Å². The predicted molar refractivity (Wildman–Crippen MR) is 143 cm³/mol. The molecule has 0 radical (unpaired) electrons. The number of benzene rings is 1. The average molecular weight is 519 g/mol. The number of ether oxygens (including phenoxy) is 3. The van der Waals surface area contributed by atoms with E-state index in [1.54, 1.807) is 24.3 Å². The minimum absolute atomic E-state index is 0.128. The third-order valence-corrected chi connectivity index (χ3v) is 7.52. The lowest BCUT2D eigenvalue weighted by atomic mass is 9.72. The van der Waals surface area contributed by atoms with Crippen molar-refractivity contribution in [3.8, 4) is 5.75 Å². The fourth-order valence-electron chi connectivity index (χ4n) is 4.11. The molecule has 1 heterocycles. The molecular formula is C26H34N2O5S2. The monoisotopic (exact) mass is 518 g/mol. The molecule has 1 amide bonds. The number of hydrogen-bond acceptors (Lipinski definition) is 7. The highest BCUT2D eigenvalue weighted by molar-refractivity contribution is 7.80. The fraction of sp³-hybridized carbons (Fsp3) is 0.500. The number of amides is 1. The standard InChI is InChI=1S/C26H34N2O5S2/c1-6-32-13-14-33-18-10-7-16(8-11-18)22(29)27-25(34)28-23-21(24(30)31-5)19-12-9-17(26(2,3)4)15-20(19)35-23/h7-8,10-11,17H,6,9,12-15H2,1-5H3,(H2,27,28,29,34). The molecule has 7 nitrogen and oxygen atoms in total. The van der Waals surface area contributed by atoms with Gasteiger partial charge in [0.2, 0.25) is 0 Å². The Morgan fingerprint density at radius 1 is 1.17 bits per heavy atom. The summed E-state index contributed by atoms with van der Waals surface area (Å²) >= 11 is 6.91. The van der Waals surface area contributed by atoms with Gasteiger partial charge in [0.05, 0.1) is 19.3 Å². The number of methoxy groups -OCH3 is 1. The summed E-state index contributed by atoms with van der Waals surface area (Å²) in [7, 11) is 1.38. The minimum atomic E-state index is -0.395. The van der Waals surface area contributed by atoms with Gasteiger partial charge in [-0.05, 0) is 79.6 Å². The zero-order chi connectivity index (χ0) is 25.6. The van der Waals surface area contributed by atoms with Crippen LogP contribution < -0.4 is 15.4 Å². The minimum Gasteiger partial charge on any atom is -0.491 e. The second-order valence-corrected chi connectivity index (χ2v) is 11.0. The Hall–Kier alpha value is -2.49. The van der Waals surface area contributed by atoms with Crippen LogP contribution in [0.15, 0.2) is 24.3 Å². The average Bonchev–Trinajstić information content (AvgIpc) is 3.18. The molecule has 0 aliphatic heterocycles. The first-order valence-electron chi connectivity index (χ1n) is 11.8. The van der Waals surface area contributed by atoms with Crippen molar-refractivity contribution in [3.63, 3.8) is 0 Å². The second-order valence-electron chi connectivity index (χ2n) is 9.48. The molecule has 1 aromatic heterocycles. The van der Waals surface area contributed by atoms with E-state index in [0.29, 0.717) is 47.6 Å². The summed E-state index contributed by atoms with van der Waals surface area (Å²) in [4.78, 5) is 26.5. The van der Waals surface area contributed by atoms with E-state index >= 15 is 0 Å². The van der Waals surface area contributed by atoms with E-state index in [0.717, 1.165) is 24.8 Å². The second kappa shape index (κ2) is 12.0. The van der Waals surface area contributed by atoms with E-state index in [1.165, 1.54) is 23.3 Å². The van der Waals surface area contributed by atoms with Crippen LogP contribution in [0.1, 0.15) is 65.3 Å². The quantitative estimate of drug-likeness (QED) is 0.281. The molecule has 1 aromatic carbocycles. The normalized spacial score (nSPS) is 15.2.